The first kappa shape index (κ1) is 14.2. The summed E-state index contributed by atoms with van der Waals surface area (Å²) in [5.74, 6) is 1.94. The predicted molar refractivity (Wildman–Crippen MR) is 78.1 cm³/mol. The molecule has 1 aliphatic rings. The molecule has 0 radical (unpaired) electrons. The van der Waals surface area contributed by atoms with Gasteiger partial charge < -0.3 is 9.47 Å². The number of ether oxygens (including phenoxy) is 2. The predicted octanol–water partition coefficient (Wildman–Crippen LogP) is 3.12. The van der Waals surface area contributed by atoms with Crippen LogP contribution in [0.15, 0.2) is 18.2 Å². The van der Waals surface area contributed by atoms with Gasteiger partial charge in [-0.25, -0.2) is 0 Å². The standard InChI is InChI=1S/C16H25NO2/c1-4-8-17(9-5-2)14-10-13-11-15(18-3)6-7-16(13)19-12-14/h6-7,11,14H,4-5,8-10,12H2,1-3H3/t14-/m0/s1. The lowest BCUT2D eigenvalue weighted by Crippen LogP contribution is -2.43. The van der Waals surface area contributed by atoms with Crippen LogP contribution in [0.5, 0.6) is 11.5 Å². The summed E-state index contributed by atoms with van der Waals surface area (Å²) >= 11 is 0. The highest BCUT2D eigenvalue weighted by Gasteiger charge is 2.24. The SMILES string of the molecule is CCCN(CCC)[C@@H]1COc2ccc(OC)cc2C1. The van der Waals surface area contributed by atoms with Crippen molar-refractivity contribution in [2.45, 2.75) is 39.2 Å². The Morgan fingerprint density at radius 3 is 2.63 bits per heavy atom. The van der Waals surface area contributed by atoms with Crippen LogP contribution in [0.25, 0.3) is 0 Å². The zero-order valence-corrected chi connectivity index (χ0v) is 12.3. The fraction of sp³-hybridized carbons (Fsp3) is 0.625. The molecule has 3 nitrogen and oxygen atoms in total. The molecule has 3 heteroatoms. The van der Waals surface area contributed by atoms with Crippen LogP contribution in [0.4, 0.5) is 0 Å². The lowest BCUT2D eigenvalue weighted by atomic mass is 10.0. The van der Waals surface area contributed by atoms with Gasteiger partial charge in [0.15, 0.2) is 0 Å². The van der Waals surface area contributed by atoms with Crippen LogP contribution in [0.3, 0.4) is 0 Å². The summed E-state index contributed by atoms with van der Waals surface area (Å²) in [6, 6.07) is 6.60. The van der Waals surface area contributed by atoms with E-state index in [2.05, 4.69) is 24.8 Å². The van der Waals surface area contributed by atoms with E-state index in [1.807, 2.05) is 12.1 Å². The van der Waals surface area contributed by atoms with E-state index in [0.717, 1.165) is 37.6 Å². The maximum absolute atomic E-state index is 5.91. The largest absolute Gasteiger partial charge is 0.497 e. The van der Waals surface area contributed by atoms with E-state index in [1.54, 1.807) is 7.11 Å². The number of methoxy groups -OCH3 is 1. The lowest BCUT2D eigenvalue weighted by Gasteiger charge is -2.35. The number of rotatable bonds is 6. The molecule has 1 heterocycles. The highest BCUT2D eigenvalue weighted by molar-refractivity contribution is 5.42. The molecule has 0 amide bonds. The van der Waals surface area contributed by atoms with Crippen molar-refractivity contribution in [2.24, 2.45) is 0 Å². The van der Waals surface area contributed by atoms with Gasteiger partial charge in [-0.3, -0.25) is 4.90 Å². The molecular weight excluding hydrogens is 238 g/mol. The summed E-state index contributed by atoms with van der Waals surface area (Å²) in [5.41, 5.74) is 1.27. The molecule has 0 bridgehead atoms. The van der Waals surface area contributed by atoms with Crippen LogP contribution in [0.2, 0.25) is 0 Å². The Labute approximate surface area is 116 Å². The van der Waals surface area contributed by atoms with Crippen LogP contribution >= 0.6 is 0 Å². The van der Waals surface area contributed by atoms with Crippen molar-refractivity contribution in [1.29, 1.82) is 0 Å². The van der Waals surface area contributed by atoms with E-state index in [9.17, 15) is 0 Å². The molecule has 0 saturated carbocycles. The molecule has 0 N–H and O–H groups in total. The Balaban J connectivity index is 2.10. The number of hydrogen-bond acceptors (Lipinski definition) is 3. The molecule has 1 aliphatic heterocycles. The molecule has 1 atom stereocenters. The first-order valence-corrected chi connectivity index (χ1v) is 7.32. The average molecular weight is 263 g/mol. The smallest absolute Gasteiger partial charge is 0.122 e. The molecule has 1 aromatic carbocycles. The van der Waals surface area contributed by atoms with Crippen molar-refractivity contribution in [1.82, 2.24) is 4.90 Å². The minimum Gasteiger partial charge on any atom is -0.497 e. The van der Waals surface area contributed by atoms with E-state index in [4.69, 9.17) is 9.47 Å². The number of fused-ring (bicyclic) bond motifs is 1. The van der Waals surface area contributed by atoms with Crippen LogP contribution in [0, 0.1) is 0 Å². The molecule has 19 heavy (non-hydrogen) atoms. The summed E-state index contributed by atoms with van der Waals surface area (Å²) in [4.78, 5) is 2.56. The van der Waals surface area contributed by atoms with E-state index >= 15 is 0 Å². The Kier molecular flexibility index (Phi) is 5.08. The summed E-state index contributed by atoms with van der Waals surface area (Å²) in [7, 11) is 1.71. The Morgan fingerprint density at radius 1 is 1.26 bits per heavy atom. The van der Waals surface area contributed by atoms with Gasteiger partial charge in [-0.15, -0.1) is 0 Å². The third-order valence-electron chi connectivity index (χ3n) is 3.69. The number of benzene rings is 1. The monoisotopic (exact) mass is 263 g/mol. The maximum Gasteiger partial charge on any atom is 0.122 e. The Morgan fingerprint density at radius 2 is 2.00 bits per heavy atom. The molecular formula is C16H25NO2. The fourth-order valence-corrected chi connectivity index (χ4v) is 2.77. The van der Waals surface area contributed by atoms with Gasteiger partial charge in [0, 0.05) is 6.04 Å². The maximum atomic E-state index is 5.91. The van der Waals surface area contributed by atoms with E-state index in [1.165, 1.54) is 18.4 Å². The van der Waals surface area contributed by atoms with Crippen molar-refractivity contribution < 1.29 is 9.47 Å². The molecule has 106 valence electrons. The highest BCUT2D eigenvalue weighted by atomic mass is 16.5. The average Bonchev–Trinajstić information content (AvgIpc) is 2.46. The third-order valence-corrected chi connectivity index (χ3v) is 3.69. The summed E-state index contributed by atoms with van der Waals surface area (Å²) in [6.45, 7) is 7.59. The zero-order chi connectivity index (χ0) is 13.7. The molecule has 0 saturated heterocycles. The molecule has 0 unspecified atom stereocenters. The summed E-state index contributed by atoms with van der Waals surface area (Å²) < 4.78 is 11.2. The number of hydrogen-bond donors (Lipinski definition) is 0. The third kappa shape index (κ3) is 3.41. The van der Waals surface area contributed by atoms with E-state index in [0.29, 0.717) is 6.04 Å². The van der Waals surface area contributed by atoms with Crippen molar-refractivity contribution in [3.63, 3.8) is 0 Å². The van der Waals surface area contributed by atoms with Gasteiger partial charge in [0.05, 0.1) is 7.11 Å². The first-order valence-electron chi connectivity index (χ1n) is 7.32. The first-order chi connectivity index (χ1) is 9.28. The molecule has 2 rings (SSSR count). The normalized spacial score (nSPS) is 18.0. The Hall–Kier alpha value is -1.22. The van der Waals surface area contributed by atoms with Crippen molar-refractivity contribution >= 4 is 0 Å². The van der Waals surface area contributed by atoms with Crippen LogP contribution < -0.4 is 9.47 Å². The second-order valence-corrected chi connectivity index (χ2v) is 5.18. The second-order valence-electron chi connectivity index (χ2n) is 5.18. The lowest BCUT2D eigenvalue weighted by molar-refractivity contribution is 0.119. The molecule has 0 aliphatic carbocycles. The molecule has 0 aromatic heterocycles. The van der Waals surface area contributed by atoms with Gasteiger partial charge in [0.2, 0.25) is 0 Å². The topological polar surface area (TPSA) is 21.7 Å². The van der Waals surface area contributed by atoms with Gasteiger partial charge in [0.1, 0.15) is 18.1 Å². The quantitative estimate of drug-likeness (QED) is 0.787. The van der Waals surface area contributed by atoms with E-state index in [-0.39, 0.29) is 0 Å². The van der Waals surface area contributed by atoms with Gasteiger partial charge in [-0.1, -0.05) is 13.8 Å². The molecule has 0 spiro atoms. The van der Waals surface area contributed by atoms with Gasteiger partial charge in [-0.05, 0) is 56.1 Å². The summed E-state index contributed by atoms with van der Waals surface area (Å²) in [5, 5.41) is 0. The minimum absolute atomic E-state index is 0.500. The van der Waals surface area contributed by atoms with Crippen molar-refractivity contribution in [3.8, 4) is 11.5 Å². The van der Waals surface area contributed by atoms with Crippen LogP contribution in [0.1, 0.15) is 32.3 Å². The summed E-state index contributed by atoms with van der Waals surface area (Å²) in [6.07, 6.45) is 3.45. The fourth-order valence-electron chi connectivity index (χ4n) is 2.77. The second kappa shape index (κ2) is 6.80. The van der Waals surface area contributed by atoms with Gasteiger partial charge in [0.25, 0.3) is 0 Å². The molecule has 1 aromatic rings. The van der Waals surface area contributed by atoms with Crippen LogP contribution in [-0.4, -0.2) is 37.7 Å². The number of nitrogens with zero attached hydrogens (tertiary/aromatic N) is 1. The van der Waals surface area contributed by atoms with Crippen molar-refractivity contribution in [2.75, 3.05) is 26.8 Å². The van der Waals surface area contributed by atoms with E-state index < -0.39 is 0 Å². The minimum atomic E-state index is 0.500. The zero-order valence-electron chi connectivity index (χ0n) is 12.3. The van der Waals surface area contributed by atoms with Gasteiger partial charge >= 0.3 is 0 Å². The highest BCUT2D eigenvalue weighted by Crippen LogP contribution is 2.30. The van der Waals surface area contributed by atoms with Crippen LogP contribution in [-0.2, 0) is 6.42 Å². The van der Waals surface area contributed by atoms with Crippen molar-refractivity contribution in [3.05, 3.63) is 23.8 Å². The Bertz CT molecular complexity index is 400. The molecule has 0 fully saturated rings. The van der Waals surface area contributed by atoms with Gasteiger partial charge in [-0.2, -0.15) is 0 Å².